The van der Waals surface area contributed by atoms with E-state index in [0.29, 0.717) is 11.3 Å². The summed E-state index contributed by atoms with van der Waals surface area (Å²) >= 11 is 2.09. The molecule has 0 aromatic heterocycles. The van der Waals surface area contributed by atoms with Gasteiger partial charge in [0, 0.05) is 11.9 Å². The second-order valence-corrected chi connectivity index (χ2v) is 8.20. The number of hydrogen-bond acceptors (Lipinski definition) is 2. The summed E-state index contributed by atoms with van der Waals surface area (Å²) in [5, 5.41) is 0.454. The summed E-state index contributed by atoms with van der Waals surface area (Å²) in [6.07, 6.45) is 7.34. The number of thioether (sulfide) groups is 1. The molecule has 2 heteroatoms. The van der Waals surface area contributed by atoms with Gasteiger partial charge in [0.25, 0.3) is 0 Å². The first-order valence-corrected chi connectivity index (χ1v) is 10.2. The fourth-order valence-electron chi connectivity index (χ4n) is 2.55. The maximum absolute atomic E-state index is 4.24. The first kappa shape index (κ1) is 22.4. The smallest absolute Gasteiger partial charge is 0.0818 e. The molecule has 0 N–H and O–H groups in total. The van der Waals surface area contributed by atoms with Crippen LogP contribution in [0.1, 0.15) is 74.1 Å². The average Bonchev–Trinajstić information content (AvgIpc) is 2.48. The Morgan fingerprint density at radius 3 is 2.13 bits per heavy atom. The number of hydrogen-bond donors (Lipinski definition) is 0. The number of nitrogens with zero attached hydrogens (tertiary/aromatic N) is 1. The topological polar surface area (TPSA) is 3.24 Å². The molecule has 0 aliphatic heterocycles. The molecule has 0 rings (SSSR count). The lowest BCUT2D eigenvalue weighted by molar-refractivity contribution is 0.261. The van der Waals surface area contributed by atoms with E-state index in [2.05, 4.69) is 84.5 Å². The SMILES string of the molecule is C=C(C)/C(C)=C\N(C(=C)C)C(SCCCC)C(C)[C@@H](C)CCC. The largest absolute Gasteiger partial charge is 0.340 e. The maximum Gasteiger partial charge on any atom is 0.0818 e. The zero-order valence-electron chi connectivity index (χ0n) is 16.6. The molecule has 0 saturated heterocycles. The molecule has 0 spiro atoms. The highest BCUT2D eigenvalue weighted by Gasteiger charge is 2.27. The van der Waals surface area contributed by atoms with Crippen molar-refractivity contribution in [1.29, 1.82) is 0 Å². The van der Waals surface area contributed by atoms with Crippen LogP contribution in [0.25, 0.3) is 0 Å². The summed E-state index contributed by atoms with van der Waals surface area (Å²) in [6.45, 7) is 24.0. The zero-order valence-corrected chi connectivity index (χ0v) is 17.4. The summed E-state index contributed by atoms with van der Waals surface area (Å²) in [5.74, 6) is 2.57. The number of allylic oxidation sites excluding steroid dienone is 3. The van der Waals surface area contributed by atoms with Crippen molar-refractivity contribution >= 4 is 11.8 Å². The first-order chi connectivity index (χ1) is 10.8. The van der Waals surface area contributed by atoms with Crippen LogP contribution in [0.2, 0.25) is 0 Å². The van der Waals surface area contributed by atoms with Crippen molar-refractivity contribution in [2.24, 2.45) is 11.8 Å². The van der Waals surface area contributed by atoms with Crippen LogP contribution in [0.3, 0.4) is 0 Å². The van der Waals surface area contributed by atoms with E-state index >= 15 is 0 Å². The highest BCUT2D eigenvalue weighted by atomic mass is 32.2. The molecule has 0 aliphatic carbocycles. The summed E-state index contributed by atoms with van der Waals surface area (Å²) in [5.41, 5.74) is 3.49. The third-order valence-electron chi connectivity index (χ3n) is 4.60. The molecule has 0 radical (unpaired) electrons. The van der Waals surface area contributed by atoms with Crippen molar-refractivity contribution in [3.8, 4) is 0 Å². The molecule has 0 aromatic carbocycles. The molecule has 23 heavy (non-hydrogen) atoms. The molecule has 0 saturated carbocycles. The molecule has 2 unspecified atom stereocenters. The van der Waals surface area contributed by atoms with E-state index in [-0.39, 0.29) is 0 Å². The molecule has 0 aromatic rings. The van der Waals surface area contributed by atoms with Crippen molar-refractivity contribution in [1.82, 2.24) is 4.90 Å². The van der Waals surface area contributed by atoms with Crippen molar-refractivity contribution in [3.05, 3.63) is 36.2 Å². The minimum Gasteiger partial charge on any atom is -0.340 e. The van der Waals surface area contributed by atoms with Crippen LogP contribution < -0.4 is 0 Å². The Balaban J connectivity index is 5.42. The van der Waals surface area contributed by atoms with E-state index in [4.69, 9.17) is 0 Å². The van der Waals surface area contributed by atoms with Crippen LogP contribution in [0.5, 0.6) is 0 Å². The predicted octanol–water partition coefficient (Wildman–Crippen LogP) is 7.23. The van der Waals surface area contributed by atoms with Gasteiger partial charge in [0.05, 0.1) is 5.37 Å². The van der Waals surface area contributed by atoms with Crippen LogP contribution >= 0.6 is 11.8 Å². The van der Waals surface area contributed by atoms with Crippen molar-refractivity contribution in [2.45, 2.75) is 79.5 Å². The lowest BCUT2D eigenvalue weighted by Crippen LogP contribution is -2.35. The lowest BCUT2D eigenvalue weighted by Gasteiger charge is -2.38. The van der Waals surface area contributed by atoms with Crippen LogP contribution in [0.4, 0.5) is 0 Å². The van der Waals surface area contributed by atoms with Gasteiger partial charge in [-0.3, -0.25) is 0 Å². The summed E-state index contributed by atoms with van der Waals surface area (Å²) < 4.78 is 0. The Bertz CT molecular complexity index is 397. The average molecular weight is 338 g/mol. The number of rotatable bonds is 12. The second-order valence-electron chi connectivity index (χ2n) is 6.97. The van der Waals surface area contributed by atoms with E-state index in [1.54, 1.807) is 0 Å². The molecular weight excluding hydrogens is 298 g/mol. The van der Waals surface area contributed by atoms with Crippen LogP contribution in [0.15, 0.2) is 36.2 Å². The Kier molecular flexibility index (Phi) is 11.5. The van der Waals surface area contributed by atoms with Crippen molar-refractivity contribution in [3.63, 3.8) is 0 Å². The number of unbranched alkanes of at least 4 members (excludes halogenated alkanes) is 1. The molecule has 1 nitrogen and oxygen atoms in total. The van der Waals surface area contributed by atoms with Gasteiger partial charge >= 0.3 is 0 Å². The van der Waals surface area contributed by atoms with E-state index in [1.807, 2.05) is 0 Å². The molecule has 3 atom stereocenters. The van der Waals surface area contributed by atoms with E-state index in [9.17, 15) is 0 Å². The first-order valence-electron chi connectivity index (χ1n) is 9.15. The van der Waals surface area contributed by atoms with Crippen LogP contribution in [-0.2, 0) is 0 Å². The molecule has 134 valence electrons. The quantitative estimate of drug-likeness (QED) is 0.210. The van der Waals surface area contributed by atoms with Crippen LogP contribution in [0, 0.1) is 11.8 Å². The molecule has 0 amide bonds. The molecule has 0 heterocycles. The highest BCUT2D eigenvalue weighted by molar-refractivity contribution is 7.99. The third kappa shape index (κ3) is 8.15. The monoisotopic (exact) mass is 337 g/mol. The van der Waals surface area contributed by atoms with Gasteiger partial charge in [-0.1, -0.05) is 65.7 Å². The summed E-state index contributed by atoms with van der Waals surface area (Å²) in [7, 11) is 0. The Labute approximate surface area is 150 Å². The lowest BCUT2D eigenvalue weighted by atomic mass is 9.91. The standard InChI is InChI=1S/C21H39NS/c1-10-12-14-23-21(20(9)18(7)13-11-2)22(17(5)6)15-19(8)16(3)4/h15,18,20-21H,3,5,10-14H2,1-2,4,6-9H3/b19-15-/t18-,20?,21?/m0/s1. The second kappa shape index (κ2) is 11.8. The minimum absolute atomic E-state index is 0.454. The van der Waals surface area contributed by atoms with Gasteiger partial charge in [-0.25, -0.2) is 0 Å². The highest BCUT2D eigenvalue weighted by Crippen LogP contribution is 2.34. The molecule has 0 fully saturated rings. The normalized spacial score (nSPS) is 15.9. The maximum atomic E-state index is 4.24. The van der Waals surface area contributed by atoms with Gasteiger partial charge in [0.15, 0.2) is 0 Å². The van der Waals surface area contributed by atoms with Gasteiger partial charge in [0.2, 0.25) is 0 Å². The fourth-order valence-corrected chi connectivity index (χ4v) is 4.22. The Morgan fingerprint density at radius 2 is 1.70 bits per heavy atom. The minimum atomic E-state index is 0.454. The molecular formula is C21H39NS. The molecule has 0 bridgehead atoms. The zero-order chi connectivity index (χ0) is 18.0. The third-order valence-corrected chi connectivity index (χ3v) is 6.12. The van der Waals surface area contributed by atoms with Crippen molar-refractivity contribution < 1.29 is 0 Å². The Morgan fingerprint density at radius 1 is 1.09 bits per heavy atom. The van der Waals surface area contributed by atoms with E-state index < -0.39 is 0 Å². The van der Waals surface area contributed by atoms with Gasteiger partial charge in [-0.15, -0.1) is 11.8 Å². The van der Waals surface area contributed by atoms with Crippen LogP contribution in [-0.4, -0.2) is 16.0 Å². The van der Waals surface area contributed by atoms with E-state index in [0.717, 1.165) is 17.2 Å². The van der Waals surface area contributed by atoms with E-state index in [1.165, 1.54) is 37.0 Å². The summed E-state index contributed by atoms with van der Waals surface area (Å²) in [4.78, 5) is 2.39. The molecule has 0 aliphatic rings. The fraction of sp³-hybridized carbons (Fsp3) is 0.714. The van der Waals surface area contributed by atoms with Gasteiger partial charge in [-0.2, -0.15) is 0 Å². The van der Waals surface area contributed by atoms with Crippen molar-refractivity contribution in [2.75, 3.05) is 5.75 Å². The summed E-state index contributed by atoms with van der Waals surface area (Å²) in [6, 6.07) is 0. The van der Waals surface area contributed by atoms with Gasteiger partial charge in [0.1, 0.15) is 0 Å². The Hall–Kier alpha value is -0.630. The van der Waals surface area contributed by atoms with Gasteiger partial charge in [-0.05, 0) is 50.4 Å². The predicted molar refractivity (Wildman–Crippen MR) is 110 cm³/mol. The van der Waals surface area contributed by atoms with Gasteiger partial charge < -0.3 is 4.90 Å².